The summed E-state index contributed by atoms with van der Waals surface area (Å²) in [5, 5.41) is 0. The molecule has 1 aromatic carbocycles. The van der Waals surface area contributed by atoms with Crippen LogP contribution in [0.5, 0.6) is 0 Å². The summed E-state index contributed by atoms with van der Waals surface area (Å²) >= 11 is 0. The van der Waals surface area contributed by atoms with Crippen LogP contribution in [0.4, 0.5) is 0 Å². The molecule has 1 aliphatic carbocycles. The van der Waals surface area contributed by atoms with Gasteiger partial charge in [-0.25, -0.2) is 0 Å². The molecule has 24 heavy (non-hydrogen) atoms. The smallest absolute Gasteiger partial charge is 0.400 e. The molecule has 0 spiro atoms. The van der Waals surface area contributed by atoms with Crippen molar-refractivity contribution in [1.82, 2.24) is 0 Å². The number of benzene rings is 1. The first-order valence-electron chi connectivity index (χ1n) is 9.48. The second-order valence-corrected chi connectivity index (χ2v) is 8.32. The third-order valence-electron chi connectivity index (χ3n) is 6.02. The SMILES string of the molecule is CC1(C)OB(/C(=C\Cc2ccccc2)C2CCCCC2)OC1(C)C. The third kappa shape index (κ3) is 3.78. The predicted octanol–water partition coefficient (Wildman–Crippen LogP) is 5.37. The van der Waals surface area contributed by atoms with Crippen molar-refractivity contribution in [3.05, 3.63) is 47.4 Å². The van der Waals surface area contributed by atoms with Crippen LogP contribution in [0.2, 0.25) is 0 Å². The molecule has 0 amide bonds. The number of allylic oxidation sites excluding steroid dienone is 2. The molecule has 0 radical (unpaired) electrons. The second kappa shape index (κ2) is 7.05. The molecule has 1 aromatic rings. The predicted molar refractivity (Wildman–Crippen MR) is 101 cm³/mol. The molecule has 0 unspecified atom stereocenters. The normalized spacial score (nSPS) is 24.3. The lowest BCUT2D eigenvalue weighted by Crippen LogP contribution is -2.41. The molecule has 3 heteroatoms. The van der Waals surface area contributed by atoms with E-state index in [1.807, 2.05) is 0 Å². The highest BCUT2D eigenvalue weighted by molar-refractivity contribution is 6.54. The maximum Gasteiger partial charge on any atom is 0.490 e. The third-order valence-corrected chi connectivity index (χ3v) is 6.02. The number of rotatable bonds is 4. The largest absolute Gasteiger partial charge is 0.490 e. The van der Waals surface area contributed by atoms with Crippen LogP contribution in [0, 0.1) is 5.92 Å². The molecular formula is C21H31BO2. The first-order valence-corrected chi connectivity index (χ1v) is 9.48. The molecule has 1 saturated carbocycles. The lowest BCUT2D eigenvalue weighted by molar-refractivity contribution is 0.00578. The molecule has 0 atom stereocenters. The molecule has 0 bridgehead atoms. The van der Waals surface area contributed by atoms with Gasteiger partial charge in [0.15, 0.2) is 0 Å². The van der Waals surface area contributed by atoms with Crippen LogP contribution >= 0.6 is 0 Å². The minimum Gasteiger partial charge on any atom is -0.400 e. The quantitative estimate of drug-likeness (QED) is 0.693. The Morgan fingerprint density at radius 3 is 2.17 bits per heavy atom. The van der Waals surface area contributed by atoms with E-state index < -0.39 is 0 Å². The Hall–Kier alpha value is -1.06. The summed E-state index contributed by atoms with van der Waals surface area (Å²) in [7, 11) is -0.193. The van der Waals surface area contributed by atoms with E-state index in [9.17, 15) is 0 Å². The van der Waals surface area contributed by atoms with Crippen LogP contribution in [0.15, 0.2) is 41.9 Å². The van der Waals surface area contributed by atoms with Crippen LogP contribution < -0.4 is 0 Å². The Balaban J connectivity index is 1.82. The van der Waals surface area contributed by atoms with Gasteiger partial charge in [-0.2, -0.15) is 0 Å². The van der Waals surface area contributed by atoms with E-state index in [0.29, 0.717) is 5.92 Å². The van der Waals surface area contributed by atoms with Crippen LogP contribution in [0.3, 0.4) is 0 Å². The fraction of sp³-hybridized carbons (Fsp3) is 0.619. The highest BCUT2D eigenvalue weighted by atomic mass is 16.7. The Morgan fingerprint density at radius 2 is 1.58 bits per heavy atom. The van der Waals surface area contributed by atoms with Crippen LogP contribution in [0.1, 0.15) is 65.4 Å². The molecule has 1 heterocycles. The maximum atomic E-state index is 6.38. The summed E-state index contributed by atoms with van der Waals surface area (Å²) in [6.45, 7) is 8.57. The van der Waals surface area contributed by atoms with E-state index in [1.165, 1.54) is 43.1 Å². The minimum absolute atomic E-state index is 0.193. The monoisotopic (exact) mass is 326 g/mol. The summed E-state index contributed by atoms with van der Waals surface area (Å²) in [6.07, 6.45) is 9.89. The van der Waals surface area contributed by atoms with Gasteiger partial charge in [0.2, 0.25) is 0 Å². The van der Waals surface area contributed by atoms with Crippen LogP contribution in [-0.2, 0) is 15.7 Å². The Labute approximate surface area is 147 Å². The Kier molecular flexibility index (Phi) is 5.22. The molecular weight excluding hydrogens is 295 g/mol. The van der Waals surface area contributed by atoms with Crippen LogP contribution in [0.25, 0.3) is 0 Å². The molecule has 0 N–H and O–H groups in total. The van der Waals surface area contributed by atoms with Gasteiger partial charge in [0.1, 0.15) is 0 Å². The highest BCUT2D eigenvalue weighted by Crippen LogP contribution is 2.42. The van der Waals surface area contributed by atoms with E-state index >= 15 is 0 Å². The lowest BCUT2D eigenvalue weighted by Gasteiger charge is -2.32. The molecule has 2 fully saturated rings. The van der Waals surface area contributed by atoms with E-state index in [1.54, 1.807) is 0 Å². The van der Waals surface area contributed by atoms with E-state index in [4.69, 9.17) is 9.31 Å². The molecule has 1 aliphatic heterocycles. The fourth-order valence-electron chi connectivity index (χ4n) is 3.72. The van der Waals surface area contributed by atoms with Crippen molar-refractivity contribution in [1.29, 1.82) is 0 Å². The molecule has 2 aliphatic rings. The van der Waals surface area contributed by atoms with Gasteiger partial charge >= 0.3 is 7.12 Å². The summed E-state index contributed by atoms with van der Waals surface area (Å²) in [4.78, 5) is 0. The lowest BCUT2D eigenvalue weighted by atomic mass is 9.66. The van der Waals surface area contributed by atoms with Crippen molar-refractivity contribution in [3.8, 4) is 0 Å². The summed E-state index contributed by atoms with van der Waals surface area (Å²) in [5.41, 5.74) is 2.19. The Bertz CT molecular complexity index is 555. The van der Waals surface area contributed by atoms with Gasteiger partial charge in [-0.3, -0.25) is 0 Å². The van der Waals surface area contributed by atoms with Crippen molar-refractivity contribution in [2.24, 2.45) is 5.92 Å². The summed E-state index contributed by atoms with van der Waals surface area (Å²) in [5.74, 6) is 0.608. The van der Waals surface area contributed by atoms with Crippen molar-refractivity contribution >= 4 is 7.12 Å². The van der Waals surface area contributed by atoms with Gasteiger partial charge in [0.25, 0.3) is 0 Å². The first kappa shape index (κ1) is 17.8. The molecule has 0 aromatic heterocycles. The summed E-state index contributed by atoms with van der Waals surface area (Å²) < 4.78 is 12.8. The minimum atomic E-state index is -0.266. The average Bonchev–Trinajstić information content (AvgIpc) is 2.77. The molecule has 130 valence electrons. The molecule has 3 rings (SSSR count). The van der Waals surface area contributed by atoms with Crippen molar-refractivity contribution in [2.45, 2.75) is 77.4 Å². The number of hydrogen-bond acceptors (Lipinski definition) is 2. The maximum absolute atomic E-state index is 6.38. The van der Waals surface area contributed by atoms with Gasteiger partial charge in [0.05, 0.1) is 11.2 Å². The van der Waals surface area contributed by atoms with Gasteiger partial charge in [-0.15, -0.1) is 0 Å². The number of hydrogen-bond donors (Lipinski definition) is 0. The van der Waals surface area contributed by atoms with E-state index in [0.717, 1.165) is 6.42 Å². The van der Waals surface area contributed by atoms with E-state index in [-0.39, 0.29) is 18.3 Å². The molecule has 2 nitrogen and oxygen atoms in total. The van der Waals surface area contributed by atoms with Gasteiger partial charge in [-0.05, 0) is 63.9 Å². The first-order chi connectivity index (χ1) is 11.4. The van der Waals surface area contributed by atoms with Gasteiger partial charge in [0, 0.05) is 0 Å². The second-order valence-electron chi connectivity index (χ2n) is 8.32. The van der Waals surface area contributed by atoms with Crippen molar-refractivity contribution < 1.29 is 9.31 Å². The van der Waals surface area contributed by atoms with Crippen molar-refractivity contribution in [3.63, 3.8) is 0 Å². The Morgan fingerprint density at radius 1 is 1.00 bits per heavy atom. The summed E-state index contributed by atoms with van der Waals surface area (Å²) in [6, 6.07) is 10.7. The van der Waals surface area contributed by atoms with E-state index in [2.05, 4.69) is 64.1 Å². The zero-order valence-corrected chi connectivity index (χ0v) is 15.7. The molecule has 1 saturated heterocycles. The fourth-order valence-corrected chi connectivity index (χ4v) is 3.72. The highest BCUT2D eigenvalue weighted by Gasteiger charge is 2.53. The van der Waals surface area contributed by atoms with Gasteiger partial charge in [-0.1, -0.05) is 55.7 Å². The average molecular weight is 326 g/mol. The zero-order chi connectivity index (χ0) is 17.2. The topological polar surface area (TPSA) is 18.5 Å². The zero-order valence-electron chi connectivity index (χ0n) is 15.7. The van der Waals surface area contributed by atoms with Crippen LogP contribution in [-0.4, -0.2) is 18.3 Å². The van der Waals surface area contributed by atoms with Gasteiger partial charge < -0.3 is 9.31 Å². The standard InChI is InChI=1S/C21H31BO2/c1-20(2)21(3,4)24-22(23-20)19(18-13-9-6-10-14-18)16-15-17-11-7-5-8-12-17/h5,7-8,11-12,16,18H,6,9-10,13-15H2,1-4H3/b19-16-. The van der Waals surface area contributed by atoms with Crippen molar-refractivity contribution in [2.75, 3.05) is 0 Å².